The van der Waals surface area contributed by atoms with Crippen LogP contribution in [0.15, 0.2) is 52.4 Å². The van der Waals surface area contributed by atoms with Crippen LogP contribution in [0.1, 0.15) is 29.2 Å². The van der Waals surface area contributed by atoms with Crippen LogP contribution in [0, 0.1) is 5.82 Å². The monoisotopic (exact) mass is 504 g/mol. The first kappa shape index (κ1) is 23.7. The molecule has 0 aliphatic heterocycles. The number of halogens is 1. The van der Waals surface area contributed by atoms with Gasteiger partial charge < -0.3 is 14.3 Å². The maximum absolute atomic E-state index is 13.4. The van der Waals surface area contributed by atoms with Gasteiger partial charge in [-0.2, -0.15) is 0 Å². The van der Waals surface area contributed by atoms with Crippen LogP contribution in [0.3, 0.4) is 0 Å². The Hall–Kier alpha value is -3.44. The second-order valence-electron chi connectivity index (χ2n) is 7.80. The molecule has 0 saturated carbocycles. The zero-order valence-electron chi connectivity index (χ0n) is 18.5. The van der Waals surface area contributed by atoms with E-state index in [2.05, 4.69) is 4.98 Å². The fraction of sp³-hybridized carbons (Fsp3) is 0.217. The number of ether oxygens (including phenoxy) is 1. The van der Waals surface area contributed by atoms with Gasteiger partial charge in [-0.05, 0) is 44.2 Å². The number of carbonyl (C=O) groups is 1. The Morgan fingerprint density at radius 1 is 1.26 bits per heavy atom. The molecular weight excluding hydrogens is 483 g/mol. The van der Waals surface area contributed by atoms with Gasteiger partial charge in [0.25, 0.3) is 0 Å². The molecule has 0 fully saturated rings. The van der Waals surface area contributed by atoms with Crippen molar-refractivity contribution in [1.82, 2.24) is 4.98 Å². The standard InChI is InChI=1S/C23H21FN2O6S2/c1-13(2)31-19-10-16-18(11-17(19)26(34(3,29)30)12-20-25-8-9-33-20)32-22(21(16)23(27)28)14-4-6-15(24)7-5-14/h4-11,13H,12H2,1-3H3,(H,27,28). The number of benzene rings is 2. The molecule has 34 heavy (non-hydrogen) atoms. The number of hydrogen-bond acceptors (Lipinski definition) is 7. The average molecular weight is 505 g/mol. The number of furan rings is 1. The lowest BCUT2D eigenvalue weighted by molar-refractivity contribution is 0.0699. The van der Waals surface area contributed by atoms with Crippen molar-refractivity contribution in [2.24, 2.45) is 0 Å². The Morgan fingerprint density at radius 3 is 2.53 bits per heavy atom. The van der Waals surface area contributed by atoms with Gasteiger partial charge in [0.2, 0.25) is 10.0 Å². The number of carboxylic acids is 1. The Labute approximate surface area is 199 Å². The molecule has 0 unspecified atom stereocenters. The van der Waals surface area contributed by atoms with Gasteiger partial charge in [0, 0.05) is 28.6 Å². The maximum Gasteiger partial charge on any atom is 0.340 e. The average Bonchev–Trinajstić information content (AvgIpc) is 3.38. The molecule has 11 heteroatoms. The molecule has 0 spiro atoms. The first-order valence-electron chi connectivity index (χ1n) is 10.2. The molecule has 4 rings (SSSR count). The molecule has 0 bridgehead atoms. The van der Waals surface area contributed by atoms with Crippen LogP contribution in [-0.2, 0) is 16.6 Å². The van der Waals surface area contributed by atoms with E-state index < -0.39 is 21.8 Å². The van der Waals surface area contributed by atoms with Gasteiger partial charge >= 0.3 is 5.97 Å². The topological polar surface area (TPSA) is 110 Å². The molecule has 2 heterocycles. The first-order valence-corrected chi connectivity index (χ1v) is 12.9. The summed E-state index contributed by atoms with van der Waals surface area (Å²) in [5.74, 6) is -1.51. The molecular formula is C23H21FN2O6S2. The lowest BCUT2D eigenvalue weighted by Crippen LogP contribution is -2.30. The highest BCUT2D eigenvalue weighted by atomic mass is 32.2. The van der Waals surface area contributed by atoms with E-state index in [1.54, 1.807) is 25.4 Å². The van der Waals surface area contributed by atoms with Gasteiger partial charge in [0.1, 0.15) is 33.5 Å². The zero-order valence-corrected chi connectivity index (χ0v) is 20.1. The Bertz CT molecular complexity index is 1450. The van der Waals surface area contributed by atoms with Crippen LogP contribution < -0.4 is 9.04 Å². The normalized spacial score (nSPS) is 11.8. The maximum atomic E-state index is 13.4. The van der Waals surface area contributed by atoms with Crippen molar-refractivity contribution in [3.05, 3.63) is 64.4 Å². The summed E-state index contributed by atoms with van der Waals surface area (Å²) < 4.78 is 51.9. The number of fused-ring (bicyclic) bond motifs is 1. The molecule has 0 saturated heterocycles. The second kappa shape index (κ2) is 9.07. The fourth-order valence-corrected chi connectivity index (χ4v) is 5.05. The molecule has 2 aromatic heterocycles. The summed E-state index contributed by atoms with van der Waals surface area (Å²) in [5, 5.41) is 12.5. The van der Waals surface area contributed by atoms with Gasteiger partial charge in [-0.3, -0.25) is 4.31 Å². The highest BCUT2D eigenvalue weighted by Crippen LogP contribution is 2.42. The smallest absolute Gasteiger partial charge is 0.340 e. The van der Waals surface area contributed by atoms with Crippen molar-refractivity contribution >= 4 is 44.0 Å². The first-order chi connectivity index (χ1) is 16.0. The number of anilines is 1. The van der Waals surface area contributed by atoms with E-state index >= 15 is 0 Å². The third-order valence-electron chi connectivity index (χ3n) is 4.88. The third-order valence-corrected chi connectivity index (χ3v) is 6.77. The van der Waals surface area contributed by atoms with Crippen LogP contribution in [0.2, 0.25) is 0 Å². The molecule has 178 valence electrons. The summed E-state index contributed by atoms with van der Waals surface area (Å²) in [5.41, 5.74) is 0.573. The largest absolute Gasteiger partial charge is 0.489 e. The van der Waals surface area contributed by atoms with Crippen LogP contribution >= 0.6 is 11.3 Å². The number of thiazole rings is 1. The van der Waals surface area contributed by atoms with Crippen molar-refractivity contribution in [3.63, 3.8) is 0 Å². The fourth-order valence-electron chi connectivity index (χ4n) is 3.51. The van der Waals surface area contributed by atoms with Crippen LogP contribution in [0.5, 0.6) is 5.75 Å². The molecule has 2 aromatic carbocycles. The Morgan fingerprint density at radius 2 is 1.97 bits per heavy atom. The van der Waals surface area contributed by atoms with Gasteiger partial charge in [-0.1, -0.05) is 0 Å². The summed E-state index contributed by atoms with van der Waals surface area (Å²) in [4.78, 5) is 16.3. The molecule has 0 aliphatic carbocycles. The van der Waals surface area contributed by atoms with Crippen molar-refractivity contribution < 1.29 is 31.9 Å². The minimum absolute atomic E-state index is 0.0287. The minimum Gasteiger partial charge on any atom is -0.489 e. The van der Waals surface area contributed by atoms with E-state index in [1.807, 2.05) is 0 Å². The Kier molecular flexibility index (Phi) is 6.32. The number of hydrogen-bond donors (Lipinski definition) is 1. The summed E-state index contributed by atoms with van der Waals surface area (Å²) in [6, 6.07) is 8.14. The predicted octanol–water partition coefficient (Wildman–Crippen LogP) is 5.15. The second-order valence-corrected chi connectivity index (χ2v) is 10.7. The molecule has 1 N–H and O–H groups in total. The highest BCUT2D eigenvalue weighted by molar-refractivity contribution is 7.92. The number of aromatic nitrogens is 1. The molecule has 0 aliphatic rings. The van der Waals surface area contributed by atoms with Crippen LogP contribution in [0.4, 0.5) is 10.1 Å². The van der Waals surface area contributed by atoms with E-state index in [0.29, 0.717) is 10.6 Å². The number of sulfonamides is 1. The summed E-state index contributed by atoms with van der Waals surface area (Å²) in [6.45, 7) is 3.52. The van der Waals surface area contributed by atoms with Gasteiger partial charge in [0.15, 0.2) is 0 Å². The van der Waals surface area contributed by atoms with Crippen LogP contribution in [0.25, 0.3) is 22.3 Å². The molecule has 0 atom stereocenters. The molecule has 0 radical (unpaired) electrons. The number of aromatic carboxylic acids is 1. The molecule has 8 nitrogen and oxygen atoms in total. The summed E-state index contributed by atoms with van der Waals surface area (Å²) in [7, 11) is -3.78. The van der Waals surface area contributed by atoms with E-state index in [4.69, 9.17) is 9.15 Å². The molecule has 4 aromatic rings. The minimum atomic E-state index is -3.78. The van der Waals surface area contributed by atoms with Crippen LogP contribution in [-0.4, -0.2) is 36.8 Å². The van der Waals surface area contributed by atoms with Crippen molar-refractivity contribution in [2.75, 3.05) is 10.6 Å². The summed E-state index contributed by atoms with van der Waals surface area (Å²) in [6.07, 6.45) is 2.32. The van der Waals surface area contributed by atoms with Gasteiger partial charge in [-0.15, -0.1) is 11.3 Å². The SMILES string of the molecule is CC(C)Oc1cc2c(C(=O)O)c(-c3ccc(F)cc3)oc2cc1N(Cc1nccs1)S(C)(=O)=O. The lowest BCUT2D eigenvalue weighted by Gasteiger charge is -2.25. The van der Waals surface area contributed by atoms with Gasteiger partial charge in [-0.25, -0.2) is 22.6 Å². The number of nitrogens with zero attached hydrogens (tertiary/aromatic N) is 2. The quantitative estimate of drug-likeness (QED) is 0.353. The summed E-state index contributed by atoms with van der Waals surface area (Å²) >= 11 is 1.30. The van der Waals surface area contributed by atoms with Crippen molar-refractivity contribution in [1.29, 1.82) is 0 Å². The number of rotatable bonds is 8. The number of carboxylic acid groups (broad SMARTS) is 1. The van der Waals surface area contributed by atoms with E-state index in [0.717, 1.165) is 10.6 Å². The third kappa shape index (κ3) is 4.75. The van der Waals surface area contributed by atoms with Crippen molar-refractivity contribution in [2.45, 2.75) is 26.5 Å². The highest BCUT2D eigenvalue weighted by Gasteiger charge is 2.28. The predicted molar refractivity (Wildman–Crippen MR) is 127 cm³/mol. The molecule has 0 amide bonds. The van der Waals surface area contributed by atoms with E-state index in [9.17, 15) is 22.7 Å². The van der Waals surface area contributed by atoms with E-state index in [1.165, 1.54) is 47.7 Å². The van der Waals surface area contributed by atoms with Crippen molar-refractivity contribution in [3.8, 4) is 17.1 Å². The lowest BCUT2D eigenvalue weighted by atomic mass is 10.0. The van der Waals surface area contributed by atoms with Gasteiger partial charge in [0.05, 0.1) is 24.6 Å². The zero-order chi connectivity index (χ0) is 24.6. The Balaban J connectivity index is 1.97. The van der Waals surface area contributed by atoms with E-state index in [-0.39, 0.29) is 46.4 Å².